The second-order valence-corrected chi connectivity index (χ2v) is 9.50. The molecule has 2 aliphatic heterocycles. The average Bonchev–Trinajstić information content (AvgIpc) is 3.33. The van der Waals surface area contributed by atoms with Crippen molar-refractivity contribution < 1.29 is 17.9 Å². The van der Waals surface area contributed by atoms with Gasteiger partial charge in [0.15, 0.2) is 0 Å². The Morgan fingerprint density at radius 1 is 1.10 bits per heavy atom. The van der Waals surface area contributed by atoms with Crippen molar-refractivity contribution in [3.63, 3.8) is 0 Å². The minimum absolute atomic E-state index is 0.0731. The fourth-order valence-electron chi connectivity index (χ4n) is 4.60. The number of hydrogen-bond acceptors (Lipinski definition) is 4. The summed E-state index contributed by atoms with van der Waals surface area (Å²) in [6.07, 6.45) is 1.73. The number of anilines is 1. The number of likely N-dealkylation sites (tertiary alicyclic amines) is 1. The number of nitrogens with zero attached hydrogens (tertiary/aromatic N) is 2. The number of rotatable bonds is 4. The normalized spacial score (nSPS) is 19.4. The van der Waals surface area contributed by atoms with E-state index in [-0.39, 0.29) is 23.4 Å². The van der Waals surface area contributed by atoms with Crippen LogP contribution >= 0.6 is 0 Å². The number of hydrogen-bond donors (Lipinski definition) is 0. The first-order valence-electron chi connectivity index (χ1n) is 9.98. The van der Waals surface area contributed by atoms with Crippen molar-refractivity contribution in [3.8, 4) is 5.75 Å². The molecule has 0 radical (unpaired) electrons. The van der Waals surface area contributed by atoms with E-state index in [4.69, 9.17) is 4.74 Å². The van der Waals surface area contributed by atoms with Gasteiger partial charge in [-0.05, 0) is 48.1 Å². The van der Waals surface area contributed by atoms with E-state index in [2.05, 4.69) is 0 Å². The predicted octanol–water partition coefficient (Wildman–Crippen LogP) is 3.72. The first kappa shape index (κ1) is 18.9. The third-order valence-corrected chi connectivity index (χ3v) is 7.81. The molecule has 0 aromatic heterocycles. The second-order valence-electron chi connectivity index (χ2n) is 7.66. The Kier molecular flexibility index (Phi) is 4.43. The van der Waals surface area contributed by atoms with Gasteiger partial charge in [-0.25, -0.2) is 8.42 Å². The lowest BCUT2D eigenvalue weighted by atomic mass is 10.0. The number of benzene rings is 3. The molecule has 1 saturated heterocycles. The summed E-state index contributed by atoms with van der Waals surface area (Å²) in [5.41, 5.74) is 1.59. The van der Waals surface area contributed by atoms with Gasteiger partial charge in [0.2, 0.25) is 5.91 Å². The number of methoxy groups -OCH3 is 1. The smallest absolute Gasteiger partial charge is 0.265 e. The first-order chi connectivity index (χ1) is 14.5. The van der Waals surface area contributed by atoms with Crippen molar-refractivity contribution in [2.45, 2.75) is 23.8 Å². The van der Waals surface area contributed by atoms with Gasteiger partial charge in [-0.2, -0.15) is 0 Å². The third kappa shape index (κ3) is 2.84. The van der Waals surface area contributed by atoms with E-state index in [1.54, 1.807) is 30.2 Å². The van der Waals surface area contributed by atoms with E-state index < -0.39 is 10.0 Å². The maximum atomic E-state index is 13.3. The van der Waals surface area contributed by atoms with Crippen LogP contribution in [0.4, 0.5) is 5.69 Å². The van der Waals surface area contributed by atoms with Gasteiger partial charge in [0, 0.05) is 11.9 Å². The Labute approximate surface area is 175 Å². The van der Waals surface area contributed by atoms with Crippen LogP contribution in [-0.2, 0) is 14.8 Å². The van der Waals surface area contributed by atoms with Crippen LogP contribution in [0.15, 0.2) is 65.6 Å². The predicted molar refractivity (Wildman–Crippen MR) is 115 cm³/mol. The summed E-state index contributed by atoms with van der Waals surface area (Å²) in [4.78, 5) is 15.4. The van der Waals surface area contributed by atoms with Crippen molar-refractivity contribution >= 4 is 32.4 Å². The maximum absolute atomic E-state index is 13.3. The third-order valence-electron chi connectivity index (χ3n) is 6.01. The molecule has 1 amide bonds. The molecule has 0 bridgehead atoms. The van der Waals surface area contributed by atoms with Crippen molar-refractivity contribution in [1.82, 2.24) is 4.90 Å². The minimum atomic E-state index is -3.75. The van der Waals surface area contributed by atoms with E-state index in [9.17, 15) is 13.2 Å². The zero-order chi connectivity index (χ0) is 20.9. The molecule has 0 saturated carbocycles. The number of carbonyl (C=O) groups is 1. The van der Waals surface area contributed by atoms with Gasteiger partial charge in [-0.3, -0.25) is 9.10 Å². The van der Waals surface area contributed by atoms with Crippen LogP contribution in [0, 0.1) is 0 Å². The average molecular weight is 423 g/mol. The fraction of sp³-hybridized carbons (Fsp3) is 0.261. The van der Waals surface area contributed by atoms with Crippen LogP contribution in [0.5, 0.6) is 5.75 Å². The van der Waals surface area contributed by atoms with Gasteiger partial charge in [-0.15, -0.1) is 0 Å². The SMILES string of the molecule is COc1cccc(C2CCCN2C(=O)CN2c3cccc4cccc(c34)S2(=O)=O)c1. The highest BCUT2D eigenvalue weighted by molar-refractivity contribution is 7.93. The number of amides is 1. The molecule has 1 unspecified atom stereocenters. The maximum Gasteiger partial charge on any atom is 0.265 e. The highest BCUT2D eigenvalue weighted by atomic mass is 32.2. The van der Waals surface area contributed by atoms with Gasteiger partial charge >= 0.3 is 0 Å². The number of carbonyl (C=O) groups excluding carboxylic acids is 1. The molecule has 2 aliphatic rings. The quantitative estimate of drug-likeness (QED) is 0.643. The summed E-state index contributed by atoms with van der Waals surface area (Å²) < 4.78 is 33.0. The summed E-state index contributed by atoms with van der Waals surface area (Å²) in [7, 11) is -2.13. The summed E-state index contributed by atoms with van der Waals surface area (Å²) in [6, 6.07) is 18.4. The molecule has 6 nitrogen and oxygen atoms in total. The van der Waals surface area contributed by atoms with E-state index in [1.807, 2.05) is 42.5 Å². The lowest BCUT2D eigenvalue weighted by molar-refractivity contribution is -0.130. The van der Waals surface area contributed by atoms with Crippen LogP contribution in [0.3, 0.4) is 0 Å². The molecular weight excluding hydrogens is 400 g/mol. The van der Waals surface area contributed by atoms with Gasteiger partial charge in [0.25, 0.3) is 10.0 Å². The Hall–Kier alpha value is -3.06. The molecule has 7 heteroatoms. The summed E-state index contributed by atoms with van der Waals surface area (Å²) in [5.74, 6) is 0.560. The molecule has 1 atom stereocenters. The van der Waals surface area contributed by atoms with E-state index >= 15 is 0 Å². The van der Waals surface area contributed by atoms with E-state index in [0.717, 1.165) is 29.5 Å². The zero-order valence-corrected chi connectivity index (χ0v) is 17.4. The largest absolute Gasteiger partial charge is 0.497 e. The lowest BCUT2D eigenvalue weighted by Gasteiger charge is -2.28. The molecule has 5 rings (SSSR count). The fourth-order valence-corrected chi connectivity index (χ4v) is 6.26. The topological polar surface area (TPSA) is 66.9 Å². The van der Waals surface area contributed by atoms with Gasteiger partial charge in [0.1, 0.15) is 12.3 Å². The molecule has 0 spiro atoms. The Balaban J connectivity index is 1.46. The molecule has 154 valence electrons. The molecule has 3 aromatic carbocycles. The highest BCUT2D eigenvalue weighted by Gasteiger charge is 2.39. The van der Waals surface area contributed by atoms with Gasteiger partial charge in [-0.1, -0.05) is 36.4 Å². The number of sulfonamides is 1. The highest BCUT2D eigenvalue weighted by Crippen LogP contribution is 2.42. The van der Waals surface area contributed by atoms with E-state index in [1.165, 1.54) is 4.31 Å². The van der Waals surface area contributed by atoms with Gasteiger partial charge < -0.3 is 9.64 Å². The molecule has 30 heavy (non-hydrogen) atoms. The molecule has 3 aromatic rings. The Morgan fingerprint density at radius 2 is 1.87 bits per heavy atom. The van der Waals surface area contributed by atoms with Crippen LogP contribution in [0.2, 0.25) is 0 Å². The molecule has 1 fully saturated rings. The molecule has 2 heterocycles. The summed E-state index contributed by atoms with van der Waals surface area (Å²) in [5, 5.41) is 1.55. The number of ether oxygens (including phenoxy) is 1. The summed E-state index contributed by atoms with van der Waals surface area (Å²) >= 11 is 0. The zero-order valence-electron chi connectivity index (χ0n) is 16.6. The van der Waals surface area contributed by atoms with Crippen molar-refractivity contribution in [1.29, 1.82) is 0 Å². The Morgan fingerprint density at radius 3 is 2.67 bits per heavy atom. The van der Waals surface area contributed by atoms with Crippen LogP contribution in [-0.4, -0.2) is 39.4 Å². The molecule has 0 N–H and O–H groups in total. The van der Waals surface area contributed by atoms with Crippen LogP contribution in [0.1, 0.15) is 24.4 Å². The monoisotopic (exact) mass is 422 g/mol. The van der Waals surface area contributed by atoms with Crippen LogP contribution < -0.4 is 9.04 Å². The van der Waals surface area contributed by atoms with Crippen molar-refractivity contribution in [2.75, 3.05) is 24.5 Å². The Bertz CT molecular complexity index is 1250. The van der Waals surface area contributed by atoms with Crippen LogP contribution in [0.25, 0.3) is 10.8 Å². The summed E-state index contributed by atoms with van der Waals surface area (Å²) in [6.45, 7) is 0.419. The van der Waals surface area contributed by atoms with Gasteiger partial charge in [0.05, 0.1) is 23.7 Å². The molecule has 0 aliphatic carbocycles. The molecular formula is C23H22N2O4S. The van der Waals surface area contributed by atoms with Crippen molar-refractivity contribution in [3.05, 3.63) is 66.2 Å². The standard InChI is InChI=1S/C23H22N2O4S/c1-29-18-9-2-8-17(14-18)19-11-5-13-24(19)22(26)15-25-20-10-3-6-16-7-4-12-21(23(16)20)30(25,27)28/h2-4,6-10,12,14,19H,5,11,13,15H2,1H3. The second kappa shape index (κ2) is 7.02. The van der Waals surface area contributed by atoms with E-state index in [0.29, 0.717) is 17.6 Å². The van der Waals surface area contributed by atoms with Crippen molar-refractivity contribution in [2.24, 2.45) is 0 Å². The lowest BCUT2D eigenvalue weighted by Crippen LogP contribution is -2.41. The minimum Gasteiger partial charge on any atom is -0.497 e. The first-order valence-corrected chi connectivity index (χ1v) is 11.4.